The Morgan fingerprint density at radius 1 is 1.30 bits per heavy atom. The molecule has 0 saturated carbocycles. The van der Waals surface area contributed by atoms with Gasteiger partial charge in [0.1, 0.15) is 17.1 Å². The Morgan fingerprint density at radius 3 is 2.74 bits per heavy atom. The van der Waals surface area contributed by atoms with Crippen molar-refractivity contribution in [1.82, 2.24) is 0 Å². The summed E-state index contributed by atoms with van der Waals surface area (Å²) in [6.45, 7) is 8.14. The molecular formula is C22H22FNO3. The molecule has 1 aromatic heterocycles. The Balaban J connectivity index is 2.00. The third-order valence-corrected chi connectivity index (χ3v) is 4.43. The van der Waals surface area contributed by atoms with Crippen LogP contribution in [-0.4, -0.2) is 12.5 Å². The van der Waals surface area contributed by atoms with Crippen molar-refractivity contribution in [3.05, 3.63) is 65.2 Å². The molecule has 1 N–H and O–H groups in total. The lowest BCUT2D eigenvalue weighted by atomic mass is 9.98. The maximum atomic E-state index is 13.7. The number of furan rings is 1. The molecule has 0 fully saturated rings. The molecule has 5 heteroatoms. The number of carbonyl (C=O) groups excluding carboxylic acids is 1. The van der Waals surface area contributed by atoms with Crippen LogP contribution in [0.5, 0.6) is 5.75 Å². The topological polar surface area (TPSA) is 51.5 Å². The number of carbonyl (C=O) groups is 1. The van der Waals surface area contributed by atoms with Crippen molar-refractivity contribution in [2.24, 2.45) is 0 Å². The van der Waals surface area contributed by atoms with Crippen LogP contribution in [0, 0.1) is 19.7 Å². The standard InChI is InChI=1S/C22H22FNO3/c1-5-26-21-15(4)22-17(14(3)12-27-22)11-16(21)13(2)10-20(25)24-19-9-7-6-8-18(19)23/h6-12H,5H2,1-4H3,(H,24,25)/b13-10+. The molecule has 0 atom stereocenters. The lowest BCUT2D eigenvalue weighted by molar-refractivity contribution is -0.111. The first-order chi connectivity index (χ1) is 12.9. The Bertz CT molecular complexity index is 1030. The van der Waals surface area contributed by atoms with Crippen LogP contribution in [-0.2, 0) is 4.79 Å². The minimum atomic E-state index is -0.474. The van der Waals surface area contributed by atoms with Crippen molar-refractivity contribution >= 4 is 28.1 Å². The van der Waals surface area contributed by atoms with Crippen LogP contribution < -0.4 is 10.1 Å². The number of rotatable bonds is 5. The van der Waals surface area contributed by atoms with Crippen molar-refractivity contribution < 1.29 is 18.3 Å². The first-order valence-corrected chi connectivity index (χ1v) is 8.80. The summed E-state index contributed by atoms with van der Waals surface area (Å²) in [5.74, 6) is -0.188. The van der Waals surface area contributed by atoms with E-state index in [0.29, 0.717) is 12.4 Å². The number of aryl methyl sites for hydroxylation is 2. The Kier molecular flexibility index (Phi) is 5.31. The van der Waals surface area contributed by atoms with Crippen LogP contribution in [0.3, 0.4) is 0 Å². The van der Waals surface area contributed by atoms with Gasteiger partial charge in [-0.2, -0.15) is 0 Å². The summed E-state index contributed by atoms with van der Waals surface area (Å²) >= 11 is 0. The van der Waals surface area contributed by atoms with Gasteiger partial charge in [-0.1, -0.05) is 12.1 Å². The third-order valence-electron chi connectivity index (χ3n) is 4.43. The molecule has 27 heavy (non-hydrogen) atoms. The van der Waals surface area contributed by atoms with Gasteiger partial charge in [0.05, 0.1) is 18.6 Å². The normalized spacial score (nSPS) is 11.7. The van der Waals surface area contributed by atoms with E-state index >= 15 is 0 Å². The second-order valence-electron chi connectivity index (χ2n) is 6.40. The molecule has 1 heterocycles. The van der Waals surface area contributed by atoms with Gasteiger partial charge in [-0.05, 0) is 57.0 Å². The maximum Gasteiger partial charge on any atom is 0.248 e. The summed E-state index contributed by atoms with van der Waals surface area (Å²) < 4.78 is 25.2. The van der Waals surface area contributed by atoms with E-state index in [1.165, 1.54) is 18.2 Å². The first-order valence-electron chi connectivity index (χ1n) is 8.80. The fraction of sp³-hybridized carbons (Fsp3) is 0.227. The Labute approximate surface area is 157 Å². The van der Waals surface area contributed by atoms with Gasteiger partial charge >= 0.3 is 0 Å². The van der Waals surface area contributed by atoms with Gasteiger partial charge in [0, 0.05) is 22.6 Å². The molecule has 0 saturated heterocycles. The van der Waals surface area contributed by atoms with E-state index in [1.807, 2.05) is 33.8 Å². The van der Waals surface area contributed by atoms with Gasteiger partial charge in [0.15, 0.2) is 0 Å². The highest BCUT2D eigenvalue weighted by Crippen LogP contribution is 2.37. The average molecular weight is 367 g/mol. The maximum absolute atomic E-state index is 13.7. The highest BCUT2D eigenvalue weighted by Gasteiger charge is 2.17. The van der Waals surface area contributed by atoms with E-state index in [0.717, 1.165) is 33.2 Å². The number of nitrogens with one attached hydrogen (secondary N) is 1. The number of hydrogen-bond donors (Lipinski definition) is 1. The van der Waals surface area contributed by atoms with Gasteiger partial charge in [-0.25, -0.2) is 4.39 Å². The zero-order valence-electron chi connectivity index (χ0n) is 15.9. The Hall–Kier alpha value is -3.08. The van der Waals surface area contributed by atoms with Crippen molar-refractivity contribution in [3.8, 4) is 5.75 Å². The largest absolute Gasteiger partial charge is 0.493 e. The SMILES string of the molecule is CCOc1c(/C(C)=C/C(=O)Nc2ccccc2F)cc2c(C)coc2c1C. The van der Waals surface area contributed by atoms with Gasteiger partial charge in [0.25, 0.3) is 0 Å². The number of ether oxygens (including phenoxy) is 1. The summed E-state index contributed by atoms with van der Waals surface area (Å²) in [5.41, 5.74) is 4.37. The number of fused-ring (bicyclic) bond motifs is 1. The molecule has 0 aliphatic carbocycles. The van der Waals surface area contributed by atoms with Crippen LogP contribution in [0.15, 0.2) is 47.1 Å². The van der Waals surface area contributed by atoms with E-state index < -0.39 is 11.7 Å². The third kappa shape index (κ3) is 3.72. The smallest absolute Gasteiger partial charge is 0.248 e. The predicted octanol–water partition coefficient (Wildman–Crippen LogP) is 5.63. The van der Waals surface area contributed by atoms with Gasteiger partial charge in [-0.3, -0.25) is 4.79 Å². The fourth-order valence-corrected chi connectivity index (χ4v) is 3.07. The summed E-state index contributed by atoms with van der Waals surface area (Å²) in [6.07, 6.45) is 3.16. The summed E-state index contributed by atoms with van der Waals surface area (Å²) in [4.78, 5) is 12.4. The molecule has 0 unspecified atom stereocenters. The van der Waals surface area contributed by atoms with Gasteiger partial charge in [-0.15, -0.1) is 0 Å². The van der Waals surface area contributed by atoms with Crippen LogP contribution in [0.4, 0.5) is 10.1 Å². The molecular weight excluding hydrogens is 345 g/mol. The summed E-state index contributed by atoms with van der Waals surface area (Å²) in [6, 6.07) is 8.03. The fourth-order valence-electron chi connectivity index (χ4n) is 3.07. The summed E-state index contributed by atoms with van der Waals surface area (Å²) in [7, 11) is 0. The summed E-state index contributed by atoms with van der Waals surface area (Å²) in [5, 5.41) is 3.55. The van der Waals surface area contributed by atoms with E-state index in [2.05, 4.69) is 5.32 Å². The number of amides is 1. The minimum Gasteiger partial charge on any atom is -0.493 e. The molecule has 3 rings (SSSR count). The molecule has 1 amide bonds. The van der Waals surface area contributed by atoms with Crippen molar-refractivity contribution in [2.45, 2.75) is 27.7 Å². The minimum absolute atomic E-state index is 0.147. The molecule has 0 aliphatic rings. The number of hydrogen-bond acceptors (Lipinski definition) is 3. The molecule has 3 aromatic rings. The number of anilines is 1. The highest BCUT2D eigenvalue weighted by molar-refractivity contribution is 6.05. The molecule has 4 nitrogen and oxygen atoms in total. The van der Waals surface area contributed by atoms with Crippen LogP contribution in [0.1, 0.15) is 30.5 Å². The molecule has 2 aromatic carbocycles. The van der Waals surface area contributed by atoms with Crippen LogP contribution in [0.25, 0.3) is 16.5 Å². The number of para-hydroxylation sites is 1. The average Bonchev–Trinajstić information content (AvgIpc) is 3.00. The molecule has 0 radical (unpaired) electrons. The molecule has 0 aliphatic heterocycles. The lowest BCUT2D eigenvalue weighted by Crippen LogP contribution is -2.10. The molecule has 140 valence electrons. The molecule has 0 spiro atoms. The van der Waals surface area contributed by atoms with Crippen molar-refractivity contribution in [3.63, 3.8) is 0 Å². The van der Waals surface area contributed by atoms with Crippen LogP contribution in [0.2, 0.25) is 0 Å². The van der Waals surface area contributed by atoms with E-state index in [4.69, 9.17) is 9.15 Å². The highest BCUT2D eigenvalue weighted by atomic mass is 19.1. The monoisotopic (exact) mass is 367 g/mol. The lowest BCUT2D eigenvalue weighted by Gasteiger charge is -2.14. The predicted molar refractivity (Wildman–Crippen MR) is 106 cm³/mol. The second-order valence-corrected chi connectivity index (χ2v) is 6.40. The Morgan fingerprint density at radius 2 is 2.04 bits per heavy atom. The zero-order chi connectivity index (χ0) is 19.6. The second kappa shape index (κ2) is 7.66. The van der Waals surface area contributed by atoms with E-state index in [1.54, 1.807) is 18.4 Å². The zero-order valence-corrected chi connectivity index (χ0v) is 15.9. The molecule has 0 bridgehead atoms. The number of benzene rings is 2. The van der Waals surface area contributed by atoms with Crippen molar-refractivity contribution in [2.75, 3.05) is 11.9 Å². The van der Waals surface area contributed by atoms with E-state index in [9.17, 15) is 9.18 Å². The van der Waals surface area contributed by atoms with Crippen LogP contribution >= 0.6 is 0 Å². The number of halogens is 1. The quantitative estimate of drug-likeness (QED) is 0.595. The first kappa shape index (κ1) is 18.7. The van der Waals surface area contributed by atoms with Gasteiger partial charge < -0.3 is 14.5 Å². The van der Waals surface area contributed by atoms with Gasteiger partial charge in [0.2, 0.25) is 5.91 Å². The number of allylic oxidation sites excluding steroid dienone is 1. The van der Waals surface area contributed by atoms with E-state index in [-0.39, 0.29) is 5.69 Å². The van der Waals surface area contributed by atoms with Crippen molar-refractivity contribution in [1.29, 1.82) is 0 Å².